The molecule has 0 saturated carbocycles. The molecule has 10 heteroatoms. The van der Waals surface area contributed by atoms with Gasteiger partial charge in [0.05, 0.1) is 0 Å². The van der Waals surface area contributed by atoms with Gasteiger partial charge in [-0.2, -0.15) is 0 Å². The van der Waals surface area contributed by atoms with Crippen LogP contribution in [0, 0.1) is 6.92 Å². The molecule has 0 aromatic heterocycles. The lowest BCUT2D eigenvalue weighted by molar-refractivity contribution is -0.190. The smallest absolute Gasteiger partial charge is 0.303 e. The predicted octanol–water partition coefficient (Wildman–Crippen LogP) is 1.29. The zero-order chi connectivity index (χ0) is 22.8. The normalized spacial score (nSPS) is 13.2. The average Bonchev–Trinajstić information content (AvgIpc) is 2.62. The first-order chi connectivity index (χ1) is 14.0. The quantitative estimate of drug-likeness (QED) is 0.460. The standard InChI is InChI=1S/C20H25NO9/c1-11-8-6-7-9-16(11)21-20(26)19(30-15(5)25)18(29-14(4)24)17(28-13(3)23)10-27-12(2)22/h6-9,17-19H,10H2,1-5H3,(H,21,26)/t17-,18-,19+/m0/s1. The van der Waals surface area contributed by atoms with Crippen LogP contribution < -0.4 is 5.32 Å². The topological polar surface area (TPSA) is 134 Å². The van der Waals surface area contributed by atoms with E-state index in [1.54, 1.807) is 31.2 Å². The highest BCUT2D eigenvalue weighted by atomic mass is 16.6. The van der Waals surface area contributed by atoms with E-state index < -0.39 is 54.7 Å². The number of carbonyl (C=O) groups excluding carboxylic acids is 5. The molecule has 0 aliphatic rings. The van der Waals surface area contributed by atoms with E-state index in [1.165, 1.54) is 0 Å². The molecule has 164 valence electrons. The lowest BCUT2D eigenvalue weighted by Gasteiger charge is -2.31. The fourth-order valence-electron chi connectivity index (χ4n) is 2.50. The van der Waals surface area contributed by atoms with Gasteiger partial charge in [-0.3, -0.25) is 24.0 Å². The van der Waals surface area contributed by atoms with Gasteiger partial charge in [0, 0.05) is 33.4 Å². The minimum Gasteiger partial charge on any atom is -0.462 e. The molecule has 1 amide bonds. The van der Waals surface area contributed by atoms with Crippen molar-refractivity contribution in [2.45, 2.75) is 52.9 Å². The lowest BCUT2D eigenvalue weighted by atomic mass is 10.1. The number of nitrogens with one attached hydrogen (secondary N) is 1. The van der Waals surface area contributed by atoms with Crippen LogP contribution in [0.1, 0.15) is 33.3 Å². The number of anilines is 1. The number of aryl methyl sites for hydroxylation is 1. The predicted molar refractivity (Wildman–Crippen MR) is 103 cm³/mol. The van der Waals surface area contributed by atoms with Crippen molar-refractivity contribution in [1.82, 2.24) is 0 Å². The molecule has 0 radical (unpaired) electrons. The van der Waals surface area contributed by atoms with Gasteiger partial charge in [-0.15, -0.1) is 0 Å². The summed E-state index contributed by atoms with van der Waals surface area (Å²) in [6.07, 6.45) is -4.66. The zero-order valence-corrected chi connectivity index (χ0v) is 17.4. The number of amides is 1. The summed E-state index contributed by atoms with van der Waals surface area (Å²) in [6.45, 7) is 5.56. The molecule has 0 unspecified atom stereocenters. The molecule has 0 aliphatic heterocycles. The largest absolute Gasteiger partial charge is 0.462 e. The Hall–Kier alpha value is -3.43. The molecule has 0 spiro atoms. The van der Waals surface area contributed by atoms with Crippen LogP contribution in [0.2, 0.25) is 0 Å². The third-order valence-corrected chi connectivity index (χ3v) is 3.69. The Morgan fingerprint density at radius 1 is 0.833 bits per heavy atom. The number of ether oxygens (including phenoxy) is 4. The Balaban J connectivity index is 3.30. The van der Waals surface area contributed by atoms with Crippen molar-refractivity contribution in [2.24, 2.45) is 0 Å². The Labute approximate surface area is 173 Å². The first-order valence-electron chi connectivity index (χ1n) is 9.02. The lowest BCUT2D eigenvalue weighted by Crippen LogP contribution is -2.52. The van der Waals surface area contributed by atoms with Crippen molar-refractivity contribution in [2.75, 3.05) is 11.9 Å². The number of benzene rings is 1. The molecule has 3 atom stereocenters. The summed E-state index contributed by atoms with van der Waals surface area (Å²) in [4.78, 5) is 59.0. The summed E-state index contributed by atoms with van der Waals surface area (Å²) in [7, 11) is 0. The van der Waals surface area contributed by atoms with E-state index >= 15 is 0 Å². The molecule has 1 aromatic rings. The average molecular weight is 423 g/mol. The molecule has 0 saturated heterocycles. The van der Waals surface area contributed by atoms with Crippen molar-refractivity contribution in [3.8, 4) is 0 Å². The van der Waals surface area contributed by atoms with E-state index in [0.717, 1.165) is 33.3 Å². The fraction of sp³-hybridized carbons (Fsp3) is 0.450. The SMILES string of the molecule is CC(=O)OC[C@H](OC(C)=O)[C@H](OC(C)=O)[C@@H](OC(C)=O)C(=O)Nc1ccccc1C. The maximum absolute atomic E-state index is 12.9. The van der Waals surface area contributed by atoms with Gasteiger partial charge in [0.25, 0.3) is 5.91 Å². The minimum atomic E-state index is -1.69. The molecule has 1 N–H and O–H groups in total. The summed E-state index contributed by atoms with van der Waals surface area (Å²) in [5.41, 5.74) is 1.16. The van der Waals surface area contributed by atoms with E-state index in [9.17, 15) is 24.0 Å². The van der Waals surface area contributed by atoms with Gasteiger partial charge in [-0.1, -0.05) is 18.2 Å². The summed E-state index contributed by atoms with van der Waals surface area (Å²) >= 11 is 0. The first kappa shape index (κ1) is 24.6. The summed E-state index contributed by atoms with van der Waals surface area (Å²) < 4.78 is 20.2. The van der Waals surface area contributed by atoms with E-state index in [2.05, 4.69) is 5.32 Å². The van der Waals surface area contributed by atoms with E-state index in [4.69, 9.17) is 18.9 Å². The number of carbonyl (C=O) groups is 5. The van der Waals surface area contributed by atoms with Crippen LogP contribution in [0.3, 0.4) is 0 Å². The molecular weight excluding hydrogens is 398 g/mol. The van der Waals surface area contributed by atoms with Crippen molar-refractivity contribution >= 4 is 35.5 Å². The maximum Gasteiger partial charge on any atom is 0.303 e. The molecule has 0 heterocycles. The van der Waals surface area contributed by atoms with Gasteiger partial charge >= 0.3 is 23.9 Å². The molecule has 0 fully saturated rings. The number of hydrogen-bond donors (Lipinski definition) is 1. The molecule has 0 aliphatic carbocycles. The van der Waals surface area contributed by atoms with Crippen molar-refractivity contribution in [3.63, 3.8) is 0 Å². The Kier molecular flexibility index (Phi) is 9.47. The van der Waals surface area contributed by atoms with E-state index in [1.807, 2.05) is 0 Å². The van der Waals surface area contributed by atoms with Crippen LogP contribution in [0.4, 0.5) is 5.69 Å². The second-order valence-corrected chi connectivity index (χ2v) is 6.36. The second-order valence-electron chi connectivity index (χ2n) is 6.36. The van der Waals surface area contributed by atoms with Gasteiger partial charge in [0.2, 0.25) is 6.10 Å². The highest BCUT2D eigenvalue weighted by molar-refractivity contribution is 5.96. The summed E-state index contributed by atoms with van der Waals surface area (Å²) in [6, 6.07) is 6.84. The maximum atomic E-state index is 12.9. The van der Waals surface area contributed by atoms with Crippen LogP contribution in [-0.2, 0) is 42.9 Å². The van der Waals surface area contributed by atoms with Gasteiger partial charge in [0.15, 0.2) is 12.2 Å². The van der Waals surface area contributed by atoms with Crippen LogP contribution in [0.25, 0.3) is 0 Å². The first-order valence-corrected chi connectivity index (χ1v) is 9.02. The molecule has 0 bridgehead atoms. The van der Waals surface area contributed by atoms with E-state index in [0.29, 0.717) is 5.69 Å². The zero-order valence-electron chi connectivity index (χ0n) is 17.4. The third kappa shape index (κ3) is 8.29. The number of para-hydroxylation sites is 1. The van der Waals surface area contributed by atoms with E-state index in [-0.39, 0.29) is 0 Å². The third-order valence-electron chi connectivity index (χ3n) is 3.69. The summed E-state index contributed by atoms with van der Waals surface area (Å²) in [5, 5.41) is 2.59. The number of esters is 4. The highest BCUT2D eigenvalue weighted by Gasteiger charge is 2.42. The van der Waals surface area contributed by atoms with Crippen molar-refractivity contribution < 1.29 is 42.9 Å². The van der Waals surface area contributed by atoms with Crippen LogP contribution in [-0.4, -0.2) is 54.7 Å². The van der Waals surface area contributed by atoms with Crippen LogP contribution in [0.5, 0.6) is 0 Å². The molecule has 30 heavy (non-hydrogen) atoms. The minimum absolute atomic E-state index is 0.435. The molecular formula is C20H25NO9. The Morgan fingerprint density at radius 2 is 1.40 bits per heavy atom. The molecule has 1 aromatic carbocycles. The number of hydrogen-bond acceptors (Lipinski definition) is 9. The Bertz CT molecular complexity index is 805. The van der Waals surface area contributed by atoms with Gasteiger partial charge in [-0.05, 0) is 18.6 Å². The van der Waals surface area contributed by atoms with Gasteiger partial charge in [0.1, 0.15) is 6.61 Å². The highest BCUT2D eigenvalue weighted by Crippen LogP contribution is 2.19. The molecule has 10 nitrogen and oxygen atoms in total. The Morgan fingerprint density at radius 3 is 1.90 bits per heavy atom. The summed E-state index contributed by atoms with van der Waals surface area (Å²) in [5.74, 6) is -3.98. The monoisotopic (exact) mass is 423 g/mol. The van der Waals surface area contributed by atoms with Gasteiger partial charge < -0.3 is 24.3 Å². The number of rotatable bonds is 9. The fourth-order valence-corrected chi connectivity index (χ4v) is 2.50. The van der Waals surface area contributed by atoms with Crippen LogP contribution in [0.15, 0.2) is 24.3 Å². The van der Waals surface area contributed by atoms with Gasteiger partial charge in [-0.25, -0.2) is 0 Å². The van der Waals surface area contributed by atoms with Crippen molar-refractivity contribution in [1.29, 1.82) is 0 Å². The molecule has 1 rings (SSSR count). The van der Waals surface area contributed by atoms with Crippen LogP contribution >= 0.6 is 0 Å². The van der Waals surface area contributed by atoms with Crippen molar-refractivity contribution in [3.05, 3.63) is 29.8 Å². The second kappa shape index (κ2) is 11.5.